The summed E-state index contributed by atoms with van der Waals surface area (Å²) in [5.74, 6) is -0.367. The molecule has 23 heavy (non-hydrogen) atoms. The van der Waals surface area contributed by atoms with E-state index in [9.17, 15) is 9.59 Å². The Hall–Kier alpha value is -2.04. The van der Waals surface area contributed by atoms with E-state index < -0.39 is 11.5 Å². The maximum absolute atomic E-state index is 11.8. The first-order valence-corrected chi connectivity index (χ1v) is 8.03. The van der Waals surface area contributed by atoms with Crippen molar-refractivity contribution in [1.82, 2.24) is 5.32 Å². The number of carbonyl (C=O) groups is 2. The first kappa shape index (κ1) is 19.0. The zero-order valence-corrected chi connectivity index (χ0v) is 14.4. The molecule has 1 rings (SSSR count). The summed E-state index contributed by atoms with van der Waals surface area (Å²) in [6.45, 7) is 7.83. The van der Waals surface area contributed by atoms with Crippen LogP contribution in [0.5, 0.6) is 5.75 Å². The van der Waals surface area contributed by atoms with Crippen LogP contribution in [0, 0.1) is 13.8 Å². The fraction of sp³-hybridized carbons (Fsp3) is 0.556. The van der Waals surface area contributed by atoms with Gasteiger partial charge in [-0.1, -0.05) is 19.1 Å². The highest BCUT2D eigenvalue weighted by Gasteiger charge is 2.32. The largest absolute Gasteiger partial charge is 0.493 e. The van der Waals surface area contributed by atoms with Crippen LogP contribution in [0.1, 0.15) is 50.7 Å². The van der Waals surface area contributed by atoms with Crippen LogP contribution in [0.3, 0.4) is 0 Å². The molecule has 0 bridgehead atoms. The number of hydrogen-bond donors (Lipinski definition) is 2. The Bertz CT molecular complexity index is 556. The van der Waals surface area contributed by atoms with E-state index in [1.165, 1.54) is 6.92 Å². The molecule has 0 aliphatic carbocycles. The molecule has 2 N–H and O–H groups in total. The monoisotopic (exact) mass is 321 g/mol. The fourth-order valence-electron chi connectivity index (χ4n) is 2.10. The van der Waals surface area contributed by atoms with Gasteiger partial charge in [0.1, 0.15) is 11.3 Å². The molecule has 0 aromatic heterocycles. The third-order valence-corrected chi connectivity index (χ3v) is 3.99. The van der Waals surface area contributed by atoms with Crippen LogP contribution in [0.4, 0.5) is 0 Å². The number of aryl methyl sites for hydroxylation is 2. The van der Waals surface area contributed by atoms with Gasteiger partial charge in [0, 0.05) is 6.42 Å². The average Bonchev–Trinajstić information content (AvgIpc) is 2.49. The maximum atomic E-state index is 11.8. The number of carboxylic acid groups (broad SMARTS) is 1. The first-order valence-electron chi connectivity index (χ1n) is 8.03. The van der Waals surface area contributed by atoms with Crippen LogP contribution in [0.25, 0.3) is 0 Å². The van der Waals surface area contributed by atoms with Crippen molar-refractivity contribution in [3.8, 4) is 5.75 Å². The fourth-order valence-corrected chi connectivity index (χ4v) is 2.10. The minimum absolute atomic E-state index is 0.233. The molecule has 0 saturated heterocycles. The molecule has 1 unspecified atom stereocenters. The third-order valence-electron chi connectivity index (χ3n) is 3.99. The van der Waals surface area contributed by atoms with Crippen LogP contribution >= 0.6 is 0 Å². The van der Waals surface area contributed by atoms with Crippen LogP contribution in [-0.4, -0.2) is 29.1 Å². The Morgan fingerprint density at radius 1 is 1.26 bits per heavy atom. The van der Waals surface area contributed by atoms with Gasteiger partial charge in [0.25, 0.3) is 0 Å². The Labute approximate surface area is 138 Å². The van der Waals surface area contributed by atoms with Crippen molar-refractivity contribution in [1.29, 1.82) is 0 Å². The van der Waals surface area contributed by atoms with Gasteiger partial charge in [-0.25, -0.2) is 4.79 Å². The second kappa shape index (κ2) is 8.56. The molecular formula is C18H27NO4. The molecule has 0 spiro atoms. The summed E-state index contributed by atoms with van der Waals surface area (Å²) in [6.07, 6.45) is 2.07. The van der Waals surface area contributed by atoms with Crippen molar-refractivity contribution >= 4 is 11.9 Å². The summed E-state index contributed by atoms with van der Waals surface area (Å²) in [5.41, 5.74) is 1.05. The van der Waals surface area contributed by atoms with Gasteiger partial charge in [-0.3, -0.25) is 4.79 Å². The minimum atomic E-state index is -1.19. The Balaban J connectivity index is 2.31. The standard InChI is InChI=1S/C18H27NO4/c1-5-18(4,17(21)22)19-16(20)8-6-7-11-23-15-12-13(2)9-10-14(15)3/h9-10,12H,5-8,11H2,1-4H3,(H,19,20)(H,21,22). The summed E-state index contributed by atoms with van der Waals surface area (Å²) in [5, 5.41) is 11.7. The molecule has 128 valence electrons. The van der Waals surface area contributed by atoms with Crippen LogP contribution in [-0.2, 0) is 9.59 Å². The highest BCUT2D eigenvalue weighted by molar-refractivity contribution is 5.86. The molecule has 0 radical (unpaired) electrons. The van der Waals surface area contributed by atoms with Gasteiger partial charge in [0.05, 0.1) is 6.61 Å². The quantitative estimate of drug-likeness (QED) is 0.685. The predicted molar refractivity (Wildman–Crippen MR) is 89.7 cm³/mol. The number of nitrogens with one attached hydrogen (secondary N) is 1. The lowest BCUT2D eigenvalue weighted by Crippen LogP contribution is -2.51. The zero-order chi connectivity index (χ0) is 17.5. The molecule has 0 saturated carbocycles. The first-order chi connectivity index (χ1) is 10.8. The minimum Gasteiger partial charge on any atom is -0.493 e. The number of unbranched alkanes of at least 4 members (excludes halogenated alkanes) is 1. The molecule has 0 fully saturated rings. The van der Waals surface area contributed by atoms with Crippen molar-refractivity contribution in [2.45, 2.75) is 58.9 Å². The molecular weight excluding hydrogens is 294 g/mol. The number of rotatable bonds is 9. The zero-order valence-electron chi connectivity index (χ0n) is 14.4. The van der Waals surface area contributed by atoms with E-state index in [0.717, 1.165) is 23.3 Å². The highest BCUT2D eigenvalue weighted by Crippen LogP contribution is 2.19. The second-order valence-electron chi connectivity index (χ2n) is 6.11. The molecule has 5 heteroatoms. The van der Waals surface area contributed by atoms with Crippen LogP contribution < -0.4 is 10.1 Å². The Morgan fingerprint density at radius 2 is 1.96 bits per heavy atom. The van der Waals surface area contributed by atoms with E-state index in [0.29, 0.717) is 25.9 Å². The van der Waals surface area contributed by atoms with E-state index in [1.54, 1.807) is 6.92 Å². The number of carbonyl (C=O) groups excluding carboxylic acids is 1. The maximum Gasteiger partial charge on any atom is 0.329 e. The smallest absolute Gasteiger partial charge is 0.329 e. The highest BCUT2D eigenvalue weighted by atomic mass is 16.5. The average molecular weight is 321 g/mol. The van der Waals surface area contributed by atoms with Gasteiger partial charge in [-0.2, -0.15) is 0 Å². The Kier molecular flexibility index (Phi) is 7.07. The number of aliphatic carboxylic acids is 1. The third kappa shape index (κ3) is 5.93. The van der Waals surface area contributed by atoms with Gasteiger partial charge in [0.15, 0.2) is 0 Å². The molecule has 1 aromatic carbocycles. The van der Waals surface area contributed by atoms with Crippen molar-refractivity contribution in [2.75, 3.05) is 6.61 Å². The summed E-state index contributed by atoms with van der Waals surface area (Å²) >= 11 is 0. The molecule has 1 aromatic rings. The number of benzene rings is 1. The van der Waals surface area contributed by atoms with Gasteiger partial charge in [-0.15, -0.1) is 0 Å². The predicted octanol–water partition coefficient (Wildman–Crippen LogP) is 3.22. The van der Waals surface area contributed by atoms with E-state index >= 15 is 0 Å². The van der Waals surface area contributed by atoms with E-state index in [-0.39, 0.29) is 5.91 Å². The Morgan fingerprint density at radius 3 is 2.57 bits per heavy atom. The lowest BCUT2D eigenvalue weighted by molar-refractivity contribution is -0.147. The van der Waals surface area contributed by atoms with Crippen LogP contribution in [0.2, 0.25) is 0 Å². The number of ether oxygens (including phenoxy) is 1. The molecule has 0 heterocycles. The molecule has 0 aliphatic heterocycles. The molecule has 5 nitrogen and oxygen atoms in total. The summed E-state index contributed by atoms with van der Waals surface area (Å²) < 4.78 is 5.73. The summed E-state index contributed by atoms with van der Waals surface area (Å²) in [4.78, 5) is 23.0. The normalized spacial score (nSPS) is 13.2. The SMILES string of the molecule is CCC(C)(NC(=O)CCCCOc1cc(C)ccc1C)C(=O)O. The van der Waals surface area contributed by atoms with Crippen molar-refractivity contribution in [3.63, 3.8) is 0 Å². The molecule has 0 aliphatic rings. The molecule has 1 atom stereocenters. The van der Waals surface area contributed by atoms with E-state index in [1.807, 2.05) is 32.0 Å². The topological polar surface area (TPSA) is 75.6 Å². The van der Waals surface area contributed by atoms with Crippen LogP contribution in [0.15, 0.2) is 18.2 Å². The van der Waals surface area contributed by atoms with Gasteiger partial charge in [0.2, 0.25) is 5.91 Å². The van der Waals surface area contributed by atoms with Gasteiger partial charge >= 0.3 is 5.97 Å². The van der Waals surface area contributed by atoms with E-state index in [4.69, 9.17) is 9.84 Å². The summed E-state index contributed by atoms with van der Waals surface area (Å²) in [7, 11) is 0. The second-order valence-corrected chi connectivity index (χ2v) is 6.11. The lowest BCUT2D eigenvalue weighted by atomic mass is 9.99. The van der Waals surface area contributed by atoms with E-state index in [2.05, 4.69) is 5.32 Å². The lowest BCUT2D eigenvalue weighted by Gasteiger charge is -2.24. The summed E-state index contributed by atoms with van der Waals surface area (Å²) in [6, 6.07) is 6.07. The van der Waals surface area contributed by atoms with Crippen molar-refractivity contribution in [3.05, 3.63) is 29.3 Å². The number of carboxylic acids is 1. The number of amides is 1. The van der Waals surface area contributed by atoms with Crippen molar-refractivity contribution in [2.24, 2.45) is 0 Å². The number of hydrogen-bond acceptors (Lipinski definition) is 3. The van der Waals surface area contributed by atoms with Crippen molar-refractivity contribution < 1.29 is 19.4 Å². The molecule has 1 amide bonds. The van der Waals surface area contributed by atoms with Gasteiger partial charge in [-0.05, 0) is 57.2 Å². The van der Waals surface area contributed by atoms with Gasteiger partial charge < -0.3 is 15.2 Å².